The fraction of sp³-hybridized carbons (Fsp3) is 0.579. The second kappa shape index (κ2) is 7.95. The lowest BCUT2D eigenvalue weighted by Crippen LogP contribution is -2.48. The molecule has 0 aliphatic carbocycles. The minimum atomic E-state index is -0.369. The average molecular weight is 347 g/mol. The number of hydrogen-bond acceptors (Lipinski definition) is 3. The van der Waals surface area contributed by atoms with Crippen LogP contribution in [0.15, 0.2) is 24.3 Å². The molecule has 1 N–H and O–H groups in total. The van der Waals surface area contributed by atoms with Crippen LogP contribution in [0.5, 0.6) is 0 Å². The van der Waals surface area contributed by atoms with Gasteiger partial charge in [0, 0.05) is 24.7 Å². The fourth-order valence-electron chi connectivity index (χ4n) is 3.71. The van der Waals surface area contributed by atoms with Gasteiger partial charge >= 0.3 is 0 Å². The Labute approximate surface area is 148 Å². The number of carbonyl (C=O) groups is 2. The number of nitrogens with zero attached hydrogens (tertiary/aromatic N) is 2. The van der Waals surface area contributed by atoms with Crippen molar-refractivity contribution in [3.05, 3.63) is 30.1 Å². The first-order chi connectivity index (χ1) is 12.0. The van der Waals surface area contributed by atoms with Crippen molar-refractivity contribution in [3.63, 3.8) is 0 Å². The zero-order valence-corrected chi connectivity index (χ0v) is 14.7. The molecule has 0 bridgehead atoms. The molecule has 0 saturated carbocycles. The van der Waals surface area contributed by atoms with Gasteiger partial charge in [0.05, 0.1) is 6.04 Å². The predicted octanol–water partition coefficient (Wildman–Crippen LogP) is 2.49. The summed E-state index contributed by atoms with van der Waals surface area (Å²) in [5.41, 5.74) is 0.468. The molecule has 1 aromatic rings. The lowest BCUT2D eigenvalue weighted by molar-refractivity contribution is -0.136. The Bertz CT molecular complexity index is 623. The summed E-state index contributed by atoms with van der Waals surface area (Å²) in [6, 6.07) is 5.61. The predicted molar refractivity (Wildman–Crippen MR) is 94.6 cm³/mol. The first-order valence-corrected chi connectivity index (χ1v) is 9.14. The van der Waals surface area contributed by atoms with Crippen LogP contribution in [0.25, 0.3) is 0 Å². The number of hydrogen-bond donors (Lipinski definition) is 1. The first-order valence-electron chi connectivity index (χ1n) is 9.14. The van der Waals surface area contributed by atoms with Crippen LogP contribution in [0.2, 0.25) is 0 Å². The molecule has 2 heterocycles. The normalized spacial score (nSPS) is 20.5. The summed E-state index contributed by atoms with van der Waals surface area (Å²) in [6.45, 7) is 5.12. The van der Waals surface area contributed by atoms with Crippen molar-refractivity contribution in [2.45, 2.75) is 38.6 Å². The maximum absolute atomic E-state index is 13.2. The second-order valence-electron chi connectivity index (χ2n) is 7.02. The smallest absolute Gasteiger partial charge is 0.241 e. The lowest BCUT2D eigenvalue weighted by Gasteiger charge is -2.36. The largest absolute Gasteiger partial charge is 0.342 e. The second-order valence-corrected chi connectivity index (χ2v) is 7.02. The third-order valence-corrected chi connectivity index (χ3v) is 5.32. The van der Waals surface area contributed by atoms with E-state index in [4.69, 9.17) is 0 Å². The minimum absolute atomic E-state index is 0.0906. The molecule has 3 rings (SSSR count). The number of piperidine rings is 1. The van der Waals surface area contributed by atoms with Gasteiger partial charge in [-0.15, -0.1) is 0 Å². The standard InChI is InChI=1S/C19H26FN3O2/c1-14(18(24)21-17-6-4-5-16(20)13-17)22-11-7-15(8-12-22)19(25)23-9-2-3-10-23/h4-6,13-15H,2-3,7-12H2,1H3,(H,21,24)/t14-/m1/s1. The zero-order chi connectivity index (χ0) is 17.8. The molecular weight excluding hydrogens is 321 g/mol. The monoisotopic (exact) mass is 347 g/mol. The molecule has 2 aliphatic heterocycles. The van der Waals surface area contributed by atoms with Crippen LogP contribution in [-0.2, 0) is 9.59 Å². The summed E-state index contributed by atoms with van der Waals surface area (Å²) in [5, 5.41) is 2.76. The van der Waals surface area contributed by atoms with Gasteiger partial charge < -0.3 is 10.2 Å². The van der Waals surface area contributed by atoms with E-state index in [2.05, 4.69) is 10.2 Å². The van der Waals surface area contributed by atoms with E-state index in [1.807, 2.05) is 11.8 Å². The topological polar surface area (TPSA) is 52.7 Å². The third-order valence-electron chi connectivity index (χ3n) is 5.32. The number of rotatable bonds is 4. The van der Waals surface area contributed by atoms with Gasteiger partial charge in [0.15, 0.2) is 0 Å². The number of halogens is 1. The molecule has 2 aliphatic rings. The summed E-state index contributed by atoms with van der Waals surface area (Å²) in [7, 11) is 0. The van der Waals surface area contributed by atoms with Crippen molar-refractivity contribution in [2.75, 3.05) is 31.5 Å². The molecule has 2 amide bonds. The Kier molecular flexibility index (Phi) is 5.68. The van der Waals surface area contributed by atoms with E-state index in [-0.39, 0.29) is 29.6 Å². The Morgan fingerprint density at radius 2 is 1.84 bits per heavy atom. The molecule has 136 valence electrons. The molecule has 1 atom stereocenters. The van der Waals surface area contributed by atoms with Crippen LogP contribution in [0.1, 0.15) is 32.6 Å². The van der Waals surface area contributed by atoms with Crippen LogP contribution < -0.4 is 5.32 Å². The molecular formula is C19H26FN3O2. The van der Waals surface area contributed by atoms with E-state index < -0.39 is 0 Å². The average Bonchev–Trinajstić information content (AvgIpc) is 3.15. The number of anilines is 1. The highest BCUT2D eigenvalue weighted by Crippen LogP contribution is 2.23. The van der Waals surface area contributed by atoms with Crippen LogP contribution in [-0.4, -0.2) is 53.8 Å². The van der Waals surface area contributed by atoms with Gasteiger partial charge in [0.2, 0.25) is 11.8 Å². The van der Waals surface area contributed by atoms with Crippen molar-refractivity contribution in [2.24, 2.45) is 5.92 Å². The van der Waals surface area contributed by atoms with Crippen molar-refractivity contribution >= 4 is 17.5 Å². The van der Waals surface area contributed by atoms with Gasteiger partial charge in [-0.05, 0) is 63.9 Å². The highest BCUT2D eigenvalue weighted by Gasteiger charge is 2.32. The summed E-state index contributed by atoms with van der Waals surface area (Å²) >= 11 is 0. The Morgan fingerprint density at radius 1 is 1.16 bits per heavy atom. The number of nitrogens with one attached hydrogen (secondary N) is 1. The van der Waals surface area contributed by atoms with Crippen LogP contribution in [0.4, 0.5) is 10.1 Å². The van der Waals surface area contributed by atoms with Gasteiger partial charge in [-0.25, -0.2) is 4.39 Å². The molecule has 1 aromatic carbocycles. The highest BCUT2D eigenvalue weighted by molar-refractivity contribution is 5.94. The van der Waals surface area contributed by atoms with Gasteiger partial charge in [0.25, 0.3) is 0 Å². The maximum Gasteiger partial charge on any atom is 0.241 e. The van der Waals surface area contributed by atoms with Crippen LogP contribution in [0, 0.1) is 11.7 Å². The quantitative estimate of drug-likeness (QED) is 0.910. The number of amides is 2. The van der Waals surface area contributed by atoms with E-state index in [0.29, 0.717) is 5.69 Å². The maximum atomic E-state index is 13.2. The third kappa shape index (κ3) is 4.37. The van der Waals surface area contributed by atoms with Gasteiger partial charge in [0.1, 0.15) is 5.82 Å². The van der Waals surface area contributed by atoms with Crippen molar-refractivity contribution in [3.8, 4) is 0 Å². The molecule has 25 heavy (non-hydrogen) atoms. The summed E-state index contributed by atoms with van der Waals surface area (Å²) in [4.78, 5) is 29.0. The summed E-state index contributed by atoms with van der Waals surface area (Å²) in [6.07, 6.45) is 3.82. The number of carbonyl (C=O) groups excluding carboxylic acids is 2. The Hall–Kier alpha value is -1.95. The molecule has 0 radical (unpaired) electrons. The van der Waals surface area contributed by atoms with Crippen molar-refractivity contribution in [1.82, 2.24) is 9.80 Å². The van der Waals surface area contributed by atoms with Gasteiger partial charge in [-0.2, -0.15) is 0 Å². The highest BCUT2D eigenvalue weighted by atomic mass is 19.1. The van der Waals surface area contributed by atoms with Gasteiger partial charge in [-0.1, -0.05) is 6.07 Å². The number of benzene rings is 1. The van der Waals surface area contributed by atoms with Crippen molar-refractivity contribution < 1.29 is 14.0 Å². The summed E-state index contributed by atoms with van der Waals surface area (Å²) in [5.74, 6) is -0.136. The molecule has 0 spiro atoms. The van der Waals surface area contributed by atoms with E-state index in [1.54, 1.807) is 12.1 Å². The van der Waals surface area contributed by atoms with Crippen LogP contribution >= 0.6 is 0 Å². The Morgan fingerprint density at radius 3 is 2.48 bits per heavy atom. The minimum Gasteiger partial charge on any atom is -0.342 e. The lowest BCUT2D eigenvalue weighted by atomic mass is 9.94. The molecule has 6 heteroatoms. The SMILES string of the molecule is C[C@H](C(=O)Nc1cccc(F)c1)N1CCC(C(=O)N2CCCC2)CC1. The van der Waals surface area contributed by atoms with E-state index in [1.165, 1.54) is 12.1 Å². The molecule has 0 aromatic heterocycles. The van der Waals surface area contributed by atoms with E-state index >= 15 is 0 Å². The number of likely N-dealkylation sites (tertiary alicyclic amines) is 2. The molecule has 0 unspecified atom stereocenters. The van der Waals surface area contributed by atoms with E-state index in [0.717, 1.165) is 51.9 Å². The summed E-state index contributed by atoms with van der Waals surface area (Å²) < 4.78 is 13.2. The van der Waals surface area contributed by atoms with Crippen molar-refractivity contribution in [1.29, 1.82) is 0 Å². The molecule has 2 fully saturated rings. The first kappa shape index (κ1) is 17.9. The zero-order valence-electron chi connectivity index (χ0n) is 14.7. The van der Waals surface area contributed by atoms with E-state index in [9.17, 15) is 14.0 Å². The Balaban J connectivity index is 1.49. The molecule has 2 saturated heterocycles. The van der Waals surface area contributed by atoms with Gasteiger partial charge in [-0.3, -0.25) is 14.5 Å². The fourth-order valence-corrected chi connectivity index (χ4v) is 3.71. The molecule has 5 nitrogen and oxygen atoms in total. The van der Waals surface area contributed by atoms with Crippen LogP contribution in [0.3, 0.4) is 0 Å².